The zero-order valence-electron chi connectivity index (χ0n) is 9.49. The number of halogens is 2. The molecule has 1 aromatic carbocycles. The number of hydrogen-bond acceptors (Lipinski definition) is 2. The highest BCUT2D eigenvalue weighted by Crippen LogP contribution is 2.37. The molecule has 1 aliphatic heterocycles. The van der Waals surface area contributed by atoms with Crippen LogP contribution in [-0.2, 0) is 9.84 Å². The van der Waals surface area contributed by atoms with E-state index in [0.717, 1.165) is 11.1 Å². The first-order chi connectivity index (χ1) is 7.89. The number of alkyl halides is 1. The van der Waals surface area contributed by atoms with Gasteiger partial charge in [0, 0.05) is 0 Å². The van der Waals surface area contributed by atoms with Gasteiger partial charge in [-0.05, 0) is 42.5 Å². The summed E-state index contributed by atoms with van der Waals surface area (Å²) in [6.45, 7) is 1.79. The molecular formula is C12H14ClFO2S. The normalized spacial score (nSPS) is 24.8. The van der Waals surface area contributed by atoms with Crippen molar-refractivity contribution in [3.8, 4) is 0 Å². The van der Waals surface area contributed by atoms with E-state index in [1.54, 1.807) is 13.0 Å². The van der Waals surface area contributed by atoms with E-state index >= 15 is 0 Å². The van der Waals surface area contributed by atoms with Gasteiger partial charge in [0.15, 0.2) is 9.84 Å². The van der Waals surface area contributed by atoms with Crippen molar-refractivity contribution >= 4 is 21.4 Å². The van der Waals surface area contributed by atoms with E-state index in [0.29, 0.717) is 6.42 Å². The Kier molecular flexibility index (Phi) is 3.46. The summed E-state index contributed by atoms with van der Waals surface area (Å²) in [6, 6.07) is 4.43. The molecule has 0 radical (unpaired) electrons. The van der Waals surface area contributed by atoms with Crippen molar-refractivity contribution in [2.45, 2.75) is 18.7 Å². The second-order valence-corrected chi connectivity index (χ2v) is 7.26. The van der Waals surface area contributed by atoms with Crippen molar-refractivity contribution in [1.82, 2.24) is 0 Å². The monoisotopic (exact) mass is 276 g/mol. The van der Waals surface area contributed by atoms with E-state index in [-0.39, 0.29) is 28.6 Å². The second-order valence-electron chi connectivity index (χ2n) is 4.57. The predicted octanol–water partition coefficient (Wildman–Crippen LogP) is 2.85. The Labute approximate surface area is 106 Å². The summed E-state index contributed by atoms with van der Waals surface area (Å²) in [5.74, 6) is -0.0148. The number of hydrogen-bond donors (Lipinski definition) is 0. The first-order valence-electron chi connectivity index (χ1n) is 5.49. The first kappa shape index (κ1) is 12.8. The summed E-state index contributed by atoms with van der Waals surface area (Å²) in [5, 5.41) is -0.354. The van der Waals surface area contributed by atoms with Crippen LogP contribution in [0.25, 0.3) is 0 Å². The van der Waals surface area contributed by atoms with Gasteiger partial charge in [0.25, 0.3) is 0 Å². The predicted molar refractivity (Wildman–Crippen MR) is 66.5 cm³/mol. The Morgan fingerprint density at radius 3 is 2.71 bits per heavy atom. The highest BCUT2D eigenvalue weighted by Gasteiger charge is 2.33. The molecule has 0 bridgehead atoms. The van der Waals surface area contributed by atoms with Crippen LogP contribution in [0.5, 0.6) is 0 Å². The Bertz CT molecular complexity index is 527. The van der Waals surface area contributed by atoms with Gasteiger partial charge < -0.3 is 0 Å². The SMILES string of the molecule is Cc1cc(F)ccc1C(Cl)C1CCS(=O)(=O)C1. The molecule has 0 spiro atoms. The molecule has 94 valence electrons. The molecule has 1 heterocycles. The van der Waals surface area contributed by atoms with Crippen LogP contribution in [0.3, 0.4) is 0 Å². The van der Waals surface area contributed by atoms with Crippen LogP contribution < -0.4 is 0 Å². The zero-order chi connectivity index (χ0) is 12.6. The van der Waals surface area contributed by atoms with Crippen LogP contribution >= 0.6 is 11.6 Å². The van der Waals surface area contributed by atoms with Gasteiger partial charge in [-0.2, -0.15) is 0 Å². The van der Waals surface area contributed by atoms with Crippen molar-refractivity contribution in [1.29, 1.82) is 0 Å². The molecule has 2 nitrogen and oxygen atoms in total. The van der Waals surface area contributed by atoms with E-state index < -0.39 is 9.84 Å². The van der Waals surface area contributed by atoms with Crippen molar-refractivity contribution in [3.05, 3.63) is 35.1 Å². The molecule has 0 saturated carbocycles. The molecule has 1 aliphatic rings. The molecule has 0 aromatic heterocycles. The van der Waals surface area contributed by atoms with Gasteiger partial charge in [-0.3, -0.25) is 0 Å². The van der Waals surface area contributed by atoms with Crippen molar-refractivity contribution < 1.29 is 12.8 Å². The lowest BCUT2D eigenvalue weighted by Gasteiger charge is -2.18. The maximum Gasteiger partial charge on any atom is 0.150 e. The molecule has 2 unspecified atom stereocenters. The largest absolute Gasteiger partial charge is 0.229 e. The minimum atomic E-state index is -2.93. The lowest BCUT2D eigenvalue weighted by atomic mass is 9.95. The molecule has 1 saturated heterocycles. The van der Waals surface area contributed by atoms with Gasteiger partial charge in [-0.15, -0.1) is 11.6 Å². The molecule has 2 rings (SSSR count). The number of sulfone groups is 1. The van der Waals surface area contributed by atoms with Gasteiger partial charge in [0.2, 0.25) is 0 Å². The van der Waals surface area contributed by atoms with Crippen molar-refractivity contribution in [2.75, 3.05) is 11.5 Å². The summed E-state index contributed by atoms with van der Waals surface area (Å²) in [6.07, 6.45) is 0.591. The summed E-state index contributed by atoms with van der Waals surface area (Å²) < 4.78 is 35.8. The van der Waals surface area contributed by atoms with E-state index in [2.05, 4.69) is 0 Å². The highest BCUT2D eigenvalue weighted by atomic mass is 35.5. The first-order valence-corrected chi connectivity index (χ1v) is 7.75. The fraction of sp³-hybridized carbons (Fsp3) is 0.500. The smallest absolute Gasteiger partial charge is 0.150 e. The average molecular weight is 277 g/mol. The molecular weight excluding hydrogens is 263 g/mol. The van der Waals surface area contributed by atoms with Gasteiger partial charge >= 0.3 is 0 Å². The number of rotatable bonds is 2. The van der Waals surface area contributed by atoms with Gasteiger partial charge in [-0.1, -0.05) is 6.07 Å². The van der Waals surface area contributed by atoms with Crippen LogP contribution in [0.15, 0.2) is 18.2 Å². The fourth-order valence-electron chi connectivity index (χ4n) is 2.26. The fourth-order valence-corrected chi connectivity index (χ4v) is 4.66. The Balaban J connectivity index is 2.23. The lowest BCUT2D eigenvalue weighted by Crippen LogP contribution is -2.11. The van der Waals surface area contributed by atoms with Crippen LogP contribution in [0, 0.1) is 18.7 Å². The molecule has 1 fully saturated rings. The molecule has 0 N–H and O–H groups in total. The van der Waals surface area contributed by atoms with Crippen LogP contribution in [0.4, 0.5) is 4.39 Å². The third-order valence-corrected chi connectivity index (χ3v) is 5.60. The van der Waals surface area contributed by atoms with Gasteiger partial charge in [0.05, 0.1) is 16.9 Å². The van der Waals surface area contributed by atoms with Crippen LogP contribution in [0.2, 0.25) is 0 Å². The number of benzene rings is 1. The van der Waals surface area contributed by atoms with E-state index in [1.807, 2.05) is 0 Å². The third kappa shape index (κ3) is 2.80. The molecule has 17 heavy (non-hydrogen) atoms. The average Bonchev–Trinajstić information content (AvgIpc) is 2.58. The summed E-state index contributed by atoms with van der Waals surface area (Å²) in [4.78, 5) is 0. The van der Waals surface area contributed by atoms with Crippen LogP contribution in [0.1, 0.15) is 22.9 Å². The molecule has 5 heteroatoms. The minimum absolute atomic E-state index is 0.0640. The molecule has 0 aliphatic carbocycles. The summed E-state index contributed by atoms with van der Waals surface area (Å²) in [7, 11) is -2.93. The van der Waals surface area contributed by atoms with Gasteiger partial charge in [0.1, 0.15) is 5.82 Å². The quantitative estimate of drug-likeness (QED) is 0.779. The number of aryl methyl sites for hydroxylation is 1. The Morgan fingerprint density at radius 1 is 1.47 bits per heavy atom. The van der Waals surface area contributed by atoms with Crippen LogP contribution in [-0.4, -0.2) is 19.9 Å². The lowest BCUT2D eigenvalue weighted by molar-refractivity contribution is 0.565. The molecule has 2 atom stereocenters. The van der Waals surface area contributed by atoms with Crippen molar-refractivity contribution in [3.63, 3.8) is 0 Å². The summed E-state index contributed by atoms with van der Waals surface area (Å²) >= 11 is 6.31. The maximum atomic E-state index is 13.0. The highest BCUT2D eigenvalue weighted by molar-refractivity contribution is 7.91. The topological polar surface area (TPSA) is 34.1 Å². The van der Waals surface area contributed by atoms with E-state index in [4.69, 9.17) is 11.6 Å². The van der Waals surface area contributed by atoms with Crippen molar-refractivity contribution in [2.24, 2.45) is 5.92 Å². The van der Waals surface area contributed by atoms with Gasteiger partial charge in [-0.25, -0.2) is 12.8 Å². The molecule has 1 aromatic rings. The third-order valence-electron chi connectivity index (χ3n) is 3.21. The molecule has 0 amide bonds. The Morgan fingerprint density at radius 2 is 2.18 bits per heavy atom. The standard InChI is InChI=1S/C12H14ClFO2S/c1-8-6-10(14)2-3-11(8)12(13)9-4-5-17(15,16)7-9/h2-3,6,9,12H,4-5,7H2,1H3. The Hall–Kier alpha value is -0.610. The van der Waals surface area contributed by atoms with E-state index in [9.17, 15) is 12.8 Å². The second kappa shape index (κ2) is 4.58. The zero-order valence-corrected chi connectivity index (χ0v) is 11.1. The summed E-state index contributed by atoms with van der Waals surface area (Å²) in [5.41, 5.74) is 1.60. The maximum absolute atomic E-state index is 13.0. The van der Waals surface area contributed by atoms with E-state index in [1.165, 1.54) is 12.1 Å². The minimum Gasteiger partial charge on any atom is -0.229 e.